The third-order valence-corrected chi connectivity index (χ3v) is 16.6. The number of thiazole rings is 1. The zero-order valence-electron chi connectivity index (χ0n) is 42.1. The van der Waals surface area contributed by atoms with Crippen molar-refractivity contribution in [3.05, 3.63) is 136 Å². The third kappa shape index (κ3) is 11.0. The van der Waals surface area contributed by atoms with E-state index >= 15 is 0 Å². The summed E-state index contributed by atoms with van der Waals surface area (Å²) in [7, 11) is 1.89. The number of aryl methyl sites for hydroxylation is 2. The number of likely N-dealkylation sites (tertiary alicyclic amines) is 1. The molecule has 4 amide bonds. The van der Waals surface area contributed by atoms with Gasteiger partial charge in [-0.05, 0) is 146 Å². The second-order valence-electron chi connectivity index (χ2n) is 20.5. The monoisotopic (exact) mass is 1030 g/mol. The fourth-order valence-electron chi connectivity index (χ4n) is 11.5. The number of piperidine rings is 3. The van der Waals surface area contributed by atoms with Crippen molar-refractivity contribution in [3.63, 3.8) is 0 Å². The van der Waals surface area contributed by atoms with Crippen molar-refractivity contribution in [1.29, 1.82) is 0 Å². The van der Waals surface area contributed by atoms with E-state index in [2.05, 4.69) is 54.7 Å². The maximum atomic E-state index is 13.6. The molecular formula is C58H61N9O7S. The minimum Gasteiger partial charge on any atom is -0.494 e. The first-order chi connectivity index (χ1) is 36.5. The highest BCUT2D eigenvalue weighted by atomic mass is 32.1. The number of imide groups is 1. The number of pyridine rings is 1. The molecule has 75 heavy (non-hydrogen) atoms. The van der Waals surface area contributed by atoms with E-state index in [0.29, 0.717) is 92.1 Å². The van der Waals surface area contributed by atoms with Gasteiger partial charge in [0.15, 0.2) is 10.8 Å². The second-order valence-corrected chi connectivity index (χ2v) is 21.5. The molecule has 1 unspecified atom stereocenters. The summed E-state index contributed by atoms with van der Waals surface area (Å²) in [4.78, 5) is 79.6. The number of nitrogens with one attached hydrogen (secondary N) is 2. The normalized spacial score (nSPS) is 17.6. The van der Waals surface area contributed by atoms with Crippen molar-refractivity contribution in [3.8, 4) is 5.75 Å². The van der Waals surface area contributed by atoms with E-state index in [1.807, 2.05) is 89.4 Å². The molecule has 3 fully saturated rings. The average Bonchev–Trinajstić information content (AvgIpc) is 3.99. The Morgan fingerprint density at radius 1 is 0.827 bits per heavy atom. The number of aromatic carboxylic acids is 1. The van der Waals surface area contributed by atoms with E-state index in [4.69, 9.17) is 9.84 Å². The molecule has 1 atom stereocenters. The summed E-state index contributed by atoms with van der Waals surface area (Å²) in [5.74, 6) is 0.220. The van der Waals surface area contributed by atoms with Gasteiger partial charge < -0.3 is 24.5 Å². The fourth-order valence-corrected chi connectivity index (χ4v) is 12.3. The van der Waals surface area contributed by atoms with Gasteiger partial charge in [-0.1, -0.05) is 53.8 Å². The van der Waals surface area contributed by atoms with Crippen molar-refractivity contribution >= 4 is 78.7 Å². The van der Waals surface area contributed by atoms with Crippen molar-refractivity contribution < 1.29 is 33.8 Å². The van der Waals surface area contributed by atoms with Crippen LogP contribution in [0, 0.1) is 11.8 Å². The zero-order chi connectivity index (χ0) is 51.6. The molecule has 0 aliphatic carbocycles. The maximum Gasteiger partial charge on any atom is 0.354 e. The molecule has 3 saturated heterocycles. The number of fused-ring (bicyclic) bond motifs is 3. The number of anilines is 3. The lowest BCUT2D eigenvalue weighted by atomic mass is 9.89. The maximum absolute atomic E-state index is 13.6. The summed E-state index contributed by atoms with van der Waals surface area (Å²) in [6.45, 7) is 4.83. The number of hydrogen-bond acceptors (Lipinski definition) is 12. The van der Waals surface area contributed by atoms with Gasteiger partial charge in [-0.2, -0.15) is 5.10 Å². The SMILES string of the molecule is Cn1nc(C2CCC(=O)NC2=O)c2ccc(N3CCC(CC(=O)N4CCC(Cc5ccc(OCCCc6ccc(N7CCc8cccc(C(=O)Nc9nc%10ccccc%10s9)c8C7)nc6C(=O)O)cc5)CC4)CC3)cc21. The van der Waals surface area contributed by atoms with Crippen LogP contribution in [0.25, 0.3) is 21.1 Å². The number of amides is 4. The topological polar surface area (TPSA) is 192 Å². The Morgan fingerprint density at radius 3 is 2.41 bits per heavy atom. The minimum absolute atomic E-state index is 0.0273. The quantitative estimate of drug-likeness (QED) is 0.0655. The predicted molar refractivity (Wildman–Crippen MR) is 289 cm³/mol. The van der Waals surface area contributed by atoms with Crippen LogP contribution in [-0.4, -0.2) is 98.7 Å². The molecule has 16 nitrogen and oxygen atoms in total. The van der Waals surface area contributed by atoms with E-state index in [9.17, 15) is 29.1 Å². The molecule has 0 spiro atoms. The molecule has 11 rings (SSSR count). The van der Waals surface area contributed by atoms with Crippen LogP contribution < -0.4 is 25.2 Å². The molecule has 4 aliphatic heterocycles. The number of carbonyl (C=O) groups is 5. The van der Waals surface area contributed by atoms with Gasteiger partial charge in [0.1, 0.15) is 11.6 Å². The lowest BCUT2D eigenvalue weighted by molar-refractivity contribution is -0.135. The third-order valence-electron chi connectivity index (χ3n) is 15.7. The highest BCUT2D eigenvalue weighted by Gasteiger charge is 2.33. The van der Waals surface area contributed by atoms with Crippen LogP contribution in [0.3, 0.4) is 0 Å². The van der Waals surface area contributed by atoms with Crippen molar-refractivity contribution in [1.82, 2.24) is 30.0 Å². The Bertz CT molecular complexity index is 3270. The number of aromatic nitrogens is 4. The number of carbonyl (C=O) groups excluding carboxylic acids is 4. The van der Waals surface area contributed by atoms with Crippen molar-refractivity contribution in [2.75, 3.05) is 54.4 Å². The molecule has 3 aromatic heterocycles. The van der Waals surface area contributed by atoms with Crippen LogP contribution in [0.2, 0.25) is 0 Å². The Kier molecular flexibility index (Phi) is 14.3. The van der Waals surface area contributed by atoms with Gasteiger partial charge in [0, 0.05) is 75.8 Å². The molecule has 7 aromatic rings. The predicted octanol–water partition coefficient (Wildman–Crippen LogP) is 8.71. The van der Waals surface area contributed by atoms with Gasteiger partial charge in [-0.25, -0.2) is 14.8 Å². The molecule has 3 N–H and O–H groups in total. The van der Waals surface area contributed by atoms with E-state index in [1.54, 1.807) is 0 Å². The standard InChI is InChI=1S/C58H61N9O7S/c1-64-48-34-41(14-17-44(48)54(63-64)45-18-20-51(68)61-56(45)71)65-26-21-38(22-27-65)33-52(69)66-28-23-37(24-29-66)32-36-11-15-42(16-12-36)74-31-5-7-40-13-19-50(60-53(40)57(72)73)67-30-25-39-6-4-8-43(46(39)35-67)55(70)62-58-59-47-9-2-3-10-49(47)75-58/h2-4,6,8-17,19,34,37-38,45H,5,7,18,20-33,35H2,1H3,(H,72,73)(H,59,62,70)(H,61,68,71). The summed E-state index contributed by atoms with van der Waals surface area (Å²) < 4.78 is 8.93. The molecule has 0 bridgehead atoms. The summed E-state index contributed by atoms with van der Waals surface area (Å²) in [5, 5.41) is 21.9. The highest BCUT2D eigenvalue weighted by molar-refractivity contribution is 7.22. The Balaban J connectivity index is 0.604. The molecule has 0 radical (unpaired) electrons. The minimum atomic E-state index is -1.08. The number of hydrogen-bond donors (Lipinski definition) is 3. The van der Waals surface area contributed by atoms with E-state index in [-0.39, 0.29) is 29.3 Å². The summed E-state index contributed by atoms with van der Waals surface area (Å²) in [6.07, 6.45) is 8.02. The first kappa shape index (κ1) is 49.5. The second kappa shape index (κ2) is 21.7. The first-order valence-corrected chi connectivity index (χ1v) is 27.1. The van der Waals surface area contributed by atoms with E-state index in [0.717, 1.165) is 108 Å². The molecular weight excluding hydrogens is 967 g/mol. The molecule has 17 heteroatoms. The van der Waals surface area contributed by atoms with Crippen LogP contribution in [0.5, 0.6) is 5.75 Å². The number of nitrogens with zero attached hydrogens (tertiary/aromatic N) is 7. The van der Waals surface area contributed by atoms with Gasteiger partial charge in [-0.3, -0.25) is 34.5 Å². The largest absolute Gasteiger partial charge is 0.494 e. The van der Waals surface area contributed by atoms with Gasteiger partial charge in [0.2, 0.25) is 17.7 Å². The molecule has 0 saturated carbocycles. The van der Waals surface area contributed by atoms with Gasteiger partial charge >= 0.3 is 5.97 Å². The summed E-state index contributed by atoms with van der Waals surface area (Å²) in [6, 6.07) is 31.8. The van der Waals surface area contributed by atoms with Crippen LogP contribution >= 0.6 is 11.3 Å². The molecule has 7 heterocycles. The van der Waals surface area contributed by atoms with Crippen LogP contribution in [0.4, 0.5) is 16.6 Å². The van der Waals surface area contributed by atoms with Gasteiger partial charge in [0.25, 0.3) is 5.91 Å². The smallest absolute Gasteiger partial charge is 0.354 e. The Hall–Kier alpha value is -7.66. The number of carboxylic acid groups (broad SMARTS) is 1. The Labute approximate surface area is 439 Å². The Morgan fingerprint density at radius 2 is 1.63 bits per heavy atom. The molecule has 4 aromatic carbocycles. The highest BCUT2D eigenvalue weighted by Crippen LogP contribution is 2.35. The van der Waals surface area contributed by atoms with E-state index < -0.39 is 11.9 Å². The molecule has 4 aliphatic rings. The number of para-hydroxylation sites is 1. The van der Waals surface area contributed by atoms with Crippen LogP contribution in [0.1, 0.15) is 106 Å². The summed E-state index contributed by atoms with van der Waals surface area (Å²) >= 11 is 1.43. The number of benzene rings is 4. The van der Waals surface area contributed by atoms with Crippen molar-refractivity contribution in [2.24, 2.45) is 18.9 Å². The van der Waals surface area contributed by atoms with Gasteiger partial charge in [-0.15, -0.1) is 0 Å². The lowest BCUT2D eigenvalue weighted by Gasteiger charge is -2.36. The van der Waals surface area contributed by atoms with E-state index in [1.165, 1.54) is 16.9 Å². The van der Waals surface area contributed by atoms with Crippen LogP contribution in [-0.2, 0) is 47.2 Å². The fraction of sp³-hybridized carbons (Fsp3) is 0.379. The zero-order valence-corrected chi connectivity index (χ0v) is 42.9. The summed E-state index contributed by atoms with van der Waals surface area (Å²) in [5.41, 5.74) is 8.10. The lowest BCUT2D eigenvalue weighted by Crippen LogP contribution is -2.41. The van der Waals surface area contributed by atoms with Crippen molar-refractivity contribution in [2.45, 2.75) is 83.1 Å². The number of carboxylic acids is 1. The average molecular weight is 1030 g/mol. The van der Waals surface area contributed by atoms with Crippen LogP contribution in [0.15, 0.2) is 97.1 Å². The number of rotatable bonds is 15. The number of ether oxygens (including phenoxy) is 1. The molecule has 386 valence electrons. The first-order valence-electron chi connectivity index (χ1n) is 26.3. The van der Waals surface area contributed by atoms with Gasteiger partial charge in [0.05, 0.1) is 34.0 Å².